The number of carbonyl (C=O) groups is 1. The summed E-state index contributed by atoms with van der Waals surface area (Å²) in [6, 6.07) is 2.68. The van der Waals surface area contributed by atoms with Gasteiger partial charge in [0.1, 0.15) is 5.82 Å². The Kier molecular flexibility index (Phi) is 4.25. The van der Waals surface area contributed by atoms with E-state index in [0.29, 0.717) is 18.7 Å². The van der Waals surface area contributed by atoms with Gasteiger partial charge in [0.2, 0.25) is 5.91 Å². The van der Waals surface area contributed by atoms with E-state index in [4.69, 9.17) is 0 Å². The molecule has 1 aliphatic heterocycles. The number of piperazine rings is 1. The third-order valence-electron chi connectivity index (χ3n) is 4.27. The van der Waals surface area contributed by atoms with Gasteiger partial charge >= 0.3 is 6.18 Å². The number of imidazole rings is 1. The predicted octanol–water partition coefficient (Wildman–Crippen LogP) is 2.21. The summed E-state index contributed by atoms with van der Waals surface area (Å²) >= 11 is 0. The van der Waals surface area contributed by atoms with Crippen LogP contribution in [0.3, 0.4) is 0 Å². The van der Waals surface area contributed by atoms with Crippen molar-refractivity contribution < 1.29 is 18.0 Å². The Morgan fingerprint density at radius 3 is 2.54 bits per heavy atom. The molecule has 8 heteroatoms. The molecular weight excluding hydrogens is 321 g/mol. The van der Waals surface area contributed by atoms with Crippen molar-refractivity contribution in [3.05, 3.63) is 29.1 Å². The second-order valence-electron chi connectivity index (χ2n) is 6.25. The molecule has 1 aromatic carbocycles. The molecular formula is C16H19F3N4O. The zero-order chi connectivity index (χ0) is 17.5. The zero-order valence-electron chi connectivity index (χ0n) is 13.6. The number of carbonyl (C=O) groups excluding carboxylic acids is 1. The normalized spacial score (nSPS) is 16.8. The zero-order valence-corrected chi connectivity index (χ0v) is 13.6. The molecule has 1 N–H and O–H groups in total. The molecule has 0 aliphatic carbocycles. The molecule has 0 spiro atoms. The smallest absolute Gasteiger partial charge is 0.341 e. The molecule has 0 bridgehead atoms. The molecule has 2 heterocycles. The third kappa shape index (κ3) is 3.38. The highest BCUT2D eigenvalue weighted by Crippen LogP contribution is 2.34. The molecule has 0 atom stereocenters. The highest BCUT2D eigenvalue weighted by Gasteiger charge is 2.34. The average molecular weight is 340 g/mol. The SMILES string of the molecule is Cc1cc(C(F)(F)F)c2[nH]c(CC(=O)N3CCN(C)CC3)nc2c1. The summed E-state index contributed by atoms with van der Waals surface area (Å²) in [5.74, 6) is 0.150. The number of halogens is 3. The van der Waals surface area contributed by atoms with Crippen LogP contribution in [0.2, 0.25) is 0 Å². The van der Waals surface area contributed by atoms with Crippen LogP contribution in [0.1, 0.15) is 17.0 Å². The van der Waals surface area contributed by atoms with Crippen LogP contribution in [-0.4, -0.2) is 58.9 Å². The second kappa shape index (κ2) is 6.08. The maximum atomic E-state index is 13.2. The van der Waals surface area contributed by atoms with Gasteiger partial charge in [-0.25, -0.2) is 4.98 Å². The van der Waals surface area contributed by atoms with E-state index in [-0.39, 0.29) is 29.2 Å². The monoisotopic (exact) mass is 340 g/mol. The molecule has 1 aliphatic rings. The third-order valence-corrected chi connectivity index (χ3v) is 4.27. The summed E-state index contributed by atoms with van der Waals surface area (Å²) in [5.41, 5.74) is -0.0839. The Bertz CT molecular complexity index is 761. The van der Waals surface area contributed by atoms with Crippen LogP contribution in [0.15, 0.2) is 12.1 Å². The Morgan fingerprint density at radius 1 is 1.25 bits per heavy atom. The van der Waals surface area contributed by atoms with Gasteiger partial charge in [0, 0.05) is 26.2 Å². The van der Waals surface area contributed by atoms with Crippen molar-refractivity contribution in [2.24, 2.45) is 0 Å². The summed E-state index contributed by atoms with van der Waals surface area (Å²) < 4.78 is 39.5. The van der Waals surface area contributed by atoms with Gasteiger partial charge in [0.05, 0.1) is 23.0 Å². The van der Waals surface area contributed by atoms with Crippen LogP contribution >= 0.6 is 0 Å². The summed E-state index contributed by atoms with van der Waals surface area (Å²) in [7, 11) is 1.99. The van der Waals surface area contributed by atoms with Gasteiger partial charge in [0.15, 0.2) is 0 Å². The molecule has 0 unspecified atom stereocenters. The van der Waals surface area contributed by atoms with Gasteiger partial charge in [-0.15, -0.1) is 0 Å². The Morgan fingerprint density at radius 2 is 1.92 bits per heavy atom. The molecule has 24 heavy (non-hydrogen) atoms. The largest absolute Gasteiger partial charge is 0.418 e. The molecule has 0 saturated carbocycles. The maximum absolute atomic E-state index is 13.2. The number of alkyl halides is 3. The summed E-state index contributed by atoms with van der Waals surface area (Å²) in [6.07, 6.45) is -4.48. The summed E-state index contributed by atoms with van der Waals surface area (Å²) in [4.78, 5) is 23.1. The Balaban J connectivity index is 1.85. The molecule has 1 aromatic heterocycles. The first-order valence-corrected chi connectivity index (χ1v) is 7.77. The van der Waals surface area contributed by atoms with Gasteiger partial charge in [-0.3, -0.25) is 4.79 Å². The first kappa shape index (κ1) is 16.8. The lowest BCUT2D eigenvalue weighted by molar-refractivity contribution is -0.136. The minimum Gasteiger partial charge on any atom is -0.341 e. The lowest BCUT2D eigenvalue weighted by atomic mass is 10.1. The number of nitrogens with zero attached hydrogens (tertiary/aromatic N) is 3. The van der Waals surface area contributed by atoms with Crippen molar-refractivity contribution in [2.45, 2.75) is 19.5 Å². The minimum atomic E-state index is -4.46. The van der Waals surface area contributed by atoms with Gasteiger partial charge < -0.3 is 14.8 Å². The van der Waals surface area contributed by atoms with Crippen molar-refractivity contribution in [1.82, 2.24) is 19.8 Å². The second-order valence-corrected chi connectivity index (χ2v) is 6.25. The topological polar surface area (TPSA) is 52.2 Å². The van der Waals surface area contributed by atoms with Gasteiger partial charge in [-0.2, -0.15) is 13.2 Å². The van der Waals surface area contributed by atoms with Crippen LogP contribution in [-0.2, 0) is 17.4 Å². The molecule has 1 saturated heterocycles. The molecule has 2 aromatic rings. The van der Waals surface area contributed by atoms with Gasteiger partial charge in [0.25, 0.3) is 0 Å². The number of fused-ring (bicyclic) bond motifs is 1. The molecule has 1 fully saturated rings. The fourth-order valence-corrected chi connectivity index (χ4v) is 2.92. The highest BCUT2D eigenvalue weighted by molar-refractivity contribution is 5.83. The number of benzene rings is 1. The summed E-state index contributed by atoms with van der Waals surface area (Å²) in [5, 5.41) is 0. The van der Waals surface area contributed by atoms with E-state index < -0.39 is 11.7 Å². The van der Waals surface area contributed by atoms with Crippen molar-refractivity contribution >= 4 is 16.9 Å². The molecule has 3 rings (SSSR count). The summed E-state index contributed by atoms with van der Waals surface area (Å²) in [6.45, 7) is 4.44. The number of nitrogens with one attached hydrogen (secondary N) is 1. The number of hydrogen-bond acceptors (Lipinski definition) is 3. The number of aromatic nitrogens is 2. The number of aryl methyl sites for hydroxylation is 1. The first-order valence-electron chi connectivity index (χ1n) is 7.77. The van der Waals surface area contributed by atoms with Crippen LogP contribution in [0, 0.1) is 6.92 Å². The van der Waals surface area contributed by atoms with Crippen LogP contribution in [0.4, 0.5) is 13.2 Å². The Hall–Kier alpha value is -2.09. The van der Waals surface area contributed by atoms with E-state index in [0.717, 1.165) is 19.2 Å². The van der Waals surface area contributed by atoms with Gasteiger partial charge in [-0.1, -0.05) is 0 Å². The Labute approximate surface area is 137 Å². The molecule has 1 amide bonds. The minimum absolute atomic E-state index is 0.0191. The lowest BCUT2D eigenvalue weighted by Gasteiger charge is -2.32. The van der Waals surface area contributed by atoms with E-state index in [2.05, 4.69) is 14.9 Å². The van der Waals surface area contributed by atoms with Crippen molar-refractivity contribution in [3.63, 3.8) is 0 Å². The molecule has 130 valence electrons. The molecule has 5 nitrogen and oxygen atoms in total. The number of rotatable bonds is 2. The van der Waals surface area contributed by atoms with Crippen LogP contribution in [0.5, 0.6) is 0 Å². The van der Waals surface area contributed by atoms with E-state index in [1.807, 2.05) is 7.05 Å². The van der Waals surface area contributed by atoms with Crippen LogP contribution in [0.25, 0.3) is 11.0 Å². The fourth-order valence-electron chi connectivity index (χ4n) is 2.92. The van der Waals surface area contributed by atoms with E-state index >= 15 is 0 Å². The van der Waals surface area contributed by atoms with Crippen molar-refractivity contribution in [1.29, 1.82) is 0 Å². The standard InChI is InChI=1S/C16H19F3N4O/c1-10-7-11(16(17,18)19)15-12(8-10)20-13(21-15)9-14(24)23-5-3-22(2)4-6-23/h7-8H,3-6,9H2,1-2H3,(H,20,21). The maximum Gasteiger partial charge on any atom is 0.418 e. The average Bonchev–Trinajstić information content (AvgIpc) is 2.87. The number of aromatic amines is 1. The fraction of sp³-hybridized carbons (Fsp3) is 0.500. The predicted molar refractivity (Wildman–Crippen MR) is 83.6 cm³/mol. The first-order chi connectivity index (χ1) is 11.2. The van der Waals surface area contributed by atoms with E-state index in [1.54, 1.807) is 17.9 Å². The number of likely N-dealkylation sites (N-methyl/N-ethyl adjacent to an activating group) is 1. The van der Waals surface area contributed by atoms with Crippen molar-refractivity contribution in [2.75, 3.05) is 33.2 Å². The number of H-pyrrole nitrogens is 1. The highest BCUT2D eigenvalue weighted by atomic mass is 19.4. The lowest BCUT2D eigenvalue weighted by Crippen LogP contribution is -2.47. The molecule has 0 radical (unpaired) electrons. The number of amides is 1. The van der Waals surface area contributed by atoms with Crippen molar-refractivity contribution in [3.8, 4) is 0 Å². The van der Waals surface area contributed by atoms with E-state index in [1.165, 1.54) is 0 Å². The van der Waals surface area contributed by atoms with E-state index in [9.17, 15) is 18.0 Å². The quantitative estimate of drug-likeness (QED) is 0.912. The number of hydrogen-bond donors (Lipinski definition) is 1. The van der Waals surface area contributed by atoms with Crippen LogP contribution < -0.4 is 0 Å². The van der Waals surface area contributed by atoms with Gasteiger partial charge in [-0.05, 0) is 31.7 Å².